The van der Waals surface area contributed by atoms with Crippen molar-refractivity contribution in [1.82, 2.24) is 5.32 Å². The fourth-order valence-corrected chi connectivity index (χ4v) is 2.06. The molecule has 5 nitrogen and oxygen atoms in total. The first kappa shape index (κ1) is 17.2. The Morgan fingerprint density at radius 3 is 2.52 bits per heavy atom. The van der Waals surface area contributed by atoms with Crippen molar-refractivity contribution in [2.24, 2.45) is 5.73 Å². The minimum atomic E-state index is -0.546. The van der Waals surface area contributed by atoms with Crippen LogP contribution in [0.15, 0.2) is 24.3 Å². The molecule has 0 saturated carbocycles. The molecule has 0 aliphatic rings. The number of nitrogens with two attached hydrogens (primary N) is 1. The topological polar surface area (TPSA) is 84.2 Å². The van der Waals surface area contributed by atoms with E-state index in [0.29, 0.717) is 11.3 Å². The average Bonchev–Trinajstić information content (AvgIpc) is 2.46. The molecule has 5 heteroatoms. The van der Waals surface area contributed by atoms with Gasteiger partial charge in [-0.15, -0.1) is 0 Å². The molecule has 0 aliphatic carbocycles. The molecule has 1 rings (SSSR count). The molecule has 1 aromatic carbocycles. The number of hydrogen-bond acceptors (Lipinski definition) is 3. The van der Waals surface area contributed by atoms with Crippen molar-refractivity contribution in [2.45, 2.75) is 39.0 Å². The number of carbonyl (C=O) groups is 2. The van der Waals surface area contributed by atoms with Crippen molar-refractivity contribution < 1.29 is 9.59 Å². The number of unbranched alkanes of at least 4 members (excludes halogenated alkanes) is 4. The van der Waals surface area contributed by atoms with Gasteiger partial charge in [-0.2, -0.15) is 0 Å². The van der Waals surface area contributed by atoms with Crippen molar-refractivity contribution in [3.63, 3.8) is 0 Å². The van der Waals surface area contributed by atoms with E-state index >= 15 is 0 Å². The van der Waals surface area contributed by atoms with E-state index in [1.165, 1.54) is 25.7 Å². The molecule has 1 aromatic rings. The Balaban J connectivity index is 2.27. The number of para-hydroxylation sites is 1. The van der Waals surface area contributed by atoms with E-state index < -0.39 is 5.91 Å². The number of amides is 2. The minimum Gasteiger partial charge on any atom is -0.366 e. The SMILES string of the molecule is CCCCCCCNCC(=O)Nc1ccccc1C(N)=O. The summed E-state index contributed by atoms with van der Waals surface area (Å²) in [6, 6.07) is 6.73. The molecule has 116 valence electrons. The van der Waals surface area contributed by atoms with Crippen LogP contribution in [0.4, 0.5) is 5.69 Å². The van der Waals surface area contributed by atoms with E-state index in [9.17, 15) is 9.59 Å². The zero-order chi connectivity index (χ0) is 15.5. The Labute approximate surface area is 126 Å². The summed E-state index contributed by atoms with van der Waals surface area (Å²) in [5.74, 6) is -0.716. The average molecular weight is 291 g/mol. The van der Waals surface area contributed by atoms with E-state index in [1.807, 2.05) is 0 Å². The fraction of sp³-hybridized carbons (Fsp3) is 0.500. The molecule has 21 heavy (non-hydrogen) atoms. The molecule has 0 heterocycles. The number of rotatable bonds is 10. The first-order valence-corrected chi connectivity index (χ1v) is 7.54. The minimum absolute atomic E-state index is 0.169. The van der Waals surface area contributed by atoms with E-state index in [-0.39, 0.29) is 12.5 Å². The van der Waals surface area contributed by atoms with Crippen molar-refractivity contribution in [3.8, 4) is 0 Å². The first-order chi connectivity index (χ1) is 10.1. The van der Waals surface area contributed by atoms with Crippen LogP contribution in [0, 0.1) is 0 Å². The normalized spacial score (nSPS) is 10.3. The second kappa shape index (κ2) is 9.94. The first-order valence-electron chi connectivity index (χ1n) is 7.54. The summed E-state index contributed by atoms with van der Waals surface area (Å²) >= 11 is 0. The van der Waals surface area contributed by atoms with Crippen LogP contribution >= 0.6 is 0 Å². The number of primary amides is 1. The molecular weight excluding hydrogens is 266 g/mol. The summed E-state index contributed by atoms with van der Waals surface area (Å²) in [7, 11) is 0. The lowest BCUT2D eigenvalue weighted by Gasteiger charge is -2.09. The van der Waals surface area contributed by atoms with Crippen molar-refractivity contribution in [3.05, 3.63) is 29.8 Å². The van der Waals surface area contributed by atoms with Crippen LogP contribution in [0.5, 0.6) is 0 Å². The third-order valence-electron chi connectivity index (χ3n) is 3.21. The highest BCUT2D eigenvalue weighted by atomic mass is 16.2. The molecule has 0 bridgehead atoms. The van der Waals surface area contributed by atoms with Gasteiger partial charge in [0.25, 0.3) is 5.91 Å². The maximum absolute atomic E-state index is 11.8. The highest BCUT2D eigenvalue weighted by Gasteiger charge is 2.09. The van der Waals surface area contributed by atoms with Crippen LogP contribution < -0.4 is 16.4 Å². The van der Waals surface area contributed by atoms with E-state index in [2.05, 4.69) is 17.6 Å². The summed E-state index contributed by atoms with van der Waals surface area (Å²) in [6.45, 7) is 3.25. The monoisotopic (exact) mass is 291 g/mol. The van der Waals surface area contributed by atoms with Crippen LogP contribution in [0.25, 0.3) is 0 Å². The lowest BCUT2D eigenvalue weighted by Crippen LogP contribution is -2.29. The van der Waals surface area contributed by atoms with Crippen LogP contribution in [-0.2, 0) is 4.79 Å². The Morgan fingerprint density at radius 1 is 1.10 bits per heavy atom. The third-order valence-corrected chi connectivity index (χ3v) is 3.21. The molecule has 0 radical (unpaired) electrons. The Morgan fingerprint density at radius 2 is 1.81 bits per heavy atom. The van der Waals surface area contributed by atoms with E-state index in [4.69, 9.17) is 5.73 Å². The summed E-state index contributed by atoms with van der Waals surface area (Å²) < 4.78 is 0. The van der Waals surface area contributed by atoms with Gasteiger partial charge in [0.2, 0.25) is 5.91 Å². The quantitative estimate of drug-likeness (QED) is 0.578. The van der Waals surface area contributed by atoms with Crippen LogP contribution in [-0.4, -0.2) is 24.9 Å². The highest BCUT2D eigenvalue weighted by molar-refractivity contribution is 6.03. The highest BCUT2D eigenvalue weighted by Crippen LogP contribution is 2.13. The number of hydrogen-bond donors (Lipinski definition) is 3. The zero-order valence-electron chi connectivity index (χ0n) is 12.7. The van der Waals surface area contributed by atoms with Crippen LogP contribution in [0.1, 0.15) is 49.4 Å². The molecule has 0 saturated heterocycles. The number of benzene rings is 1. The molecule has 0 aliphatic heterocycles. The van der Waals surface area contributed by atoms with Gasteiger partial charge in [0.15, 0.2) is 0 Å². The van der Waals surface area contributed by atoms with E-state index in [0.717, 1.165) is 13.0 Å². The summed E-state index contributed by atoms with van der Waals surface area (Å²) in [5.41, 5.74) is 6.05. The fourth-order valence-electron chi connectivity index (χ4n) is 2.06. The number of nitrogens with one attached hydrogen (secondary N) is 2. The Bertz CT molecular complexity index is 461. The molecule has 0 spiro atoms. The zero-order valence-corrected chi connectivity index (χ0v) is 12.7. The van der Waals surface area contributed by atoms with Crippen LogP contribution in [0.2, 0.25) is 0 Å². The van der Waals surface area contributed by atoms with Gasteiger partial charge in [0, 0.05) is 0 Å². The molecule has 0 aromatic heterocycles. The van der Waals surface area contributed by atoms with Gasteiger partial charge in [0.1, 0.15) is 0 Å². The number of carbonyl (C=O) groups excluding carboxylic acids is 2. The lowest BCUT2D eigenvalue weighted by atomic mass is 10.1. The standard InChI is InChI=1S/C16H25N3O2/c1-2-3-4-5-8-11-18-12-15(20)19-14-10-7-6-9-13(14)16(17)21/h6-7,9-10,18H,2-5,8,11-12H2,1H3,(H2,17,21)(H,19,20). The molecule has 0 unspecified atom stereocenters. The van der Waals surface area contributed by atoms with Crippen molar-refractivity contribution >= 4 is 17.5 Å². The largest absolute Gasteiger partial charge is 0.366 e. The van der Waals surface area contributed by atoms with E-state index in [1.54, 1.807) is 24.3 Å². The second-order valence-corrected chi connectivity index (χ2v) is 5.05. The van der Waals surface area contributed by atoms with Gasteiger partial charge < -0.3 is 16.4 Å². The summed E-state index contributed by atoms with van der Waals surface area (Å²) in [6.07, 6.45) is 6.01. The second-order valence-electron chi connectivity index (χ2n) is 5.05. The lowest BCUT2D eigenvalue weighted by molar-refractivity contribution is -0.115. The summed E-state index contributed by atoms with van der Waals surface area (Å²) in [4.78, 5) is 23.0. The maximum atomic E-state index is 11.8. The number of anilines is 1. The van der Waals surface area contributed by atoms with Crippen LogP contribution in [0.3, 0.4) is 0 Å². The van der Waals surface area contributed by atoms with Gasteiger partial charge in [-0.05, 0) is 25.1 Å². The molecule has 0 fully saturated rings. The molecule has 0 atom stereocenters. The van der Waals surface area contributed by atoms with Gasteiger partial charge in [-0.1, -0.05) is 44.7 Å². The predicted molar refractivity (Wildman–Crippen MR) is 85.2 cm³/mol. The van der Waals surface area contributed by atoms with Gasteiger partial charge in [-0.25, -0.2) is 0 Å². The van der Waals surface area contributed by atoms with Crippen molar-refractivity contribution in [2.75, 3.05) is 18.4 Å². The third kappa shape index (κ3) is 6.90. The summed E-state index contributed by atoms with van der Waals surface area (Å²) in [5, 5.41) is 5.80. The van der Waals surface area contributed by atoms with Gasteiger partial charge >= 0.3 is 0 Å². The molecule has 2 amide bonds. The molecule has 4 N–H and O–H groups in total. The van der Waals surface area contributed by atoms with Crippen molar-refractivity contribution in [1.29, 1.82) is 0 Å². The Hall–Kier alpha value is -1.88. The molecular formula is C16H25N3O2. The predicted octanol–water partition coefficient (Wildman–Crippen LogP) is 2.28. The van der Waals surface area contributed by atoms with Gasteiger partial charge in [0.05, 0.1) is 17.8 Å². The Kier molecular flexibility index (Phi) is 8.12. The maximum Gasteiger partial charge on any atom is 0.250 e. The van der Waals surface area contributed by atoms with Gasteiger partial charge in [-0.3, -0.25) is 9.59 Å². The smallest absolute Gasteiger partial charge is 0.250 e.